The molecule has 0 aliphatic carbocycles. The molecule has 23 heavy (non-hydrogen) atoms. The van der Waals surface area contributed by atoms with E-state index in [1.54, 1.807) is 12.4 Å². The van der Waals surface area contributed by atoms with E-state index in [-0.39, 0.29) is 23.5 Å². The van der Waals surface area contributed by atoms with Crippen molar-refractivity contribution in [2.45, 2.75) is 12.5 Å². The number of carbonyl (C=O) groups is 1. The van der Waals surface area contributed by atoms with Gasteiger partial charge in [0.1, 0.15) is 0 Å². The Labute approximate surface area is 135 Å². The molecule has 3 rings (SSSR count). The molecule has 6 heteroatoms. The number of sulfone groups is 1. The van der Waals surface area contributed by atoms with Gasteiger partial charge in [-0.05, 0) is 29.7 Å². The lowest BCUT2D eigenvalue weighted by atomic mass is 9.98. The van der Waals surface area contributed by atoms with Crippen LogP contribution in [-0.2, 0) is 14.6 Å². The van der Waals surface area contributed by atoms with Crippen LogP contribution in [0.25, 0.3) is 0 Å². The van der Waals surface area contributed by atoms with E-state index < -0.39 is 15.8 Å². The van der Waals surface area contributed by atoms with E-state index >= 15 is 0 Å². The van der Waals surface area contributed by atoms with Crippen LogP contribution in [-0.4, -0.2) is 30.8 Å². The highest BCUT2D eigenvalue weighted by Crippen LogP contribution is 2.24. The highest BCUT2D eigenvalue weighted by atomic mass is 32.2. The summed E-state index contributed by atoms with van der Waals surface area (Å²) >= 11 is 0. The maximum Gasteiger partial charge on any atom is 0.224 e. The van der Waals surface area contributed by atoms with Crippen molar-refractivity contribution in [3.8, 4) is 0 Å². The van der Waals surface area contributed by atoms with Crippen molar-refractivity contribution < 1.29 is 13.2 Å². The lowest BCUT2D eigenvalue weighted by molar-refractivity contribution is -0.124. The summed E-state index contributed by atoms with van der Waals surface area (Å²) in [6.45, 7) is 0. The molecule has 1 amide bonds. The number of nitrogens with one attached hydrogen (secondary N) is 1. The van der Waals surface area contributed by atoms with E-state index in [9.17, 15) is 13.2 Å². The molecule has 2 aromatic rings. The van der Waals surface area contributed by atoms with Gasteiger partial charge in [-0.15, -0.1) is 0 Å². The lowest BCUT2D eigenvalue weighted by Gasteiger charge is -2.21. The molecule has 1 N–H and O–H groups in total. The molecule has 2 atom stereocenters. The van der Waals surface area contributed by atoms with E-state index in [2.05, 4.69) is 10.3 Å². The predicted octanol–water partition coefficient (Wildman–Crippen LogP) is 1.72. The fraction of sp³-hybridized carbons (Fsp3) is 0.294. The molecule has 1 fully saturated rings. The Morgan fingerprint density at radius 3 is 2.35 bits per heavy atom. The van der Waals surface area contributed by atoms with Crippen LogP contribution in [0.15, 0.2) is 54.9 Å². The van der Waals surface area contributed by atoms with Gasteiger partial charge in [-0.25, -0.2) is 8.42 Å². The van der Waals surface area contributed by atoms with Gasteiger partial charge in [0.05, 0.1) is 23.5 Å². The lowest BCUT2D eigenvalue weighted by Crippen LogP contribution is -2.35. The van der Waals surface area contributed by atoms with Gasteiger partial charge in [-0.2, -0.15) is 0 Å². The molecule has 120 valence electrons. The summed E-state index contributed by atoms with van der Waals surface area (Å²) in [4.78, 5) is 16.5. The highest BCUT2D eigenvalue weighted by Gasteiger charge is 2.34. The second kappa shape index (κ2) is 6.50. The Morgan fingerprint density at radius 2 is 1.74 bits per heavy atom. The fourth-order valence-electron chi connectivity index (χ4n) is 2.82. The number of benzene rings is 1. The van der Waals surface area contributed by atoms with Crippen molar-refractivity contribution in [1.82, 2.24) is 10.3 Å². The average Bonchev–Trinajstić information content (AvgIpc) is 2.94. The van der Waals surface area contributed by atoms with Crippen LogP contribution in [0.1, 0.15) is 23.6 Å². The maximum atomic E-state index is 12.5. The average molecular weight is 330 g/mol. The molecule has 0 spiro atoms. The van der Waals surface area contributed by atoms with Gasteiger partial charge in [0.15, 0.2) is 9.84 Å². The van der Waals surface area contributed by atoms with Crippen LogP contribution in [0.4, 0.5) is 0 Å². The van der Waals surface area contributed by atoms with Crippen molar-refractivity contribution in [3.63, 3.8) is 0 Å². The molecule has 0 radical (unpaired) electrons. The van der Waals surface area contributed by atoms with Crippen LogP contribution < -0.4 is 5.32 Å². The summed E-state index contributed by atoms with van der Waals surface area (Å²) in [5.41, 5.74) is 1.87. The Hall–Kier alpha value is -2.21. The van der Waals surface area contributed by atoms with Crippen molar-refractivity contribution in [2.75, 3.05) is 11.5 Å². The van der Waals surface area contributed by atoms with Gasteiger partial charge in [0.2, 0.25) is 5.91 Å². The Morgan fingerprint density at radius 1 is 1.09 bits per heavy atom. The summed E-state index contributed by atoms with van der Waals surface area (Å²) < 4.78 is 23.2. The van der Waals surface area contributed by atoms with Crippen molar-refractivity contribution in [1.29, 1.82) is 0 Å². The van der Waals surface area contributed by atoms with Crippen LogP contribution in [0, 0.1) is 5.92 Å². The molecule has 2 heterocycles. The van der Waals surface area contributed by atoms with Gasteiger partial charge in [-0.1, -0.05) is 30.3 Å². The van der Waals surface area contributed by atoms with E-state index in [1.807, 2.05) is 42.5 Å². The van der Waals surface area contributed by atoms with E-state index in [1.165, 1.54) is 0 Å². The van der Waals surface area contributed by atoms with E-state index in [0.717, 1.165) is 11.1 Å². The molecule has 1 aromatic heterocycles. The van der Waals surface area contributed by atoms with Gasteiger partial charge >= 0.3 is 0 Å². The zero-order chi connectivity index (χ0) is 16.3. The SMILES string of the molecule is O=C(NC(c1ccccc1)c1ccncc1)C1CCS(=O)(=O)C1. The summed E-state index contributed by atoms with van der Waals surface area (Å²) in [6, 6.07) is 13.0. The number of carbonyl (C=O) groups excluding carboxylic acids is 1. The van der Waals surface area contributed by atoms with Gasteiger partial charge < -0.3 is 5.32 Å². The van der Waals surface area contributed by atoms with Gasteiger partial charge in [-0.3, -0.25) is 9.78 Å². The number of amides is 1. The predicted molar refractivity (Wildman–Crippen MR) is 87.4 cm³/mol. The van der Waals surface area contributed by atoms with Crippen LogP contribution in [0.2, 0.25) is 0 Å². The zero-order valence-electron chi connectivity index (χ0n) is 12.6. The Balaban J connectivity index is 1.84. The first-order valence-corrected chi connectivity index (χ1v) is 9.33. The first-order chi connectivity index (χ1) is 11.1. The first kappa shape index (κ1) is 15.7. The van der Waals surface area contributed by atoms with Crippen molar-refractivity contribution >= 4 is 15.7 Å². The highest BCUT2D eigenvalue weighted by molar-refractivity contribution is 7.91. The molecule has 1 aromatic carbocycles. The molecule has 0 saturated carbocycles. The maximum absolute atomic E-state index is 12.5. The summed E-state index contributed by atoms with van der Waals surface area (Å²) in [6.07, 6.45) is 3.75. The van der Waals surface area contributed by atoms with E-state index in [4.69, 9.17) is 0 Å². The number of hydrogen-bond acceptors (Lipinski definition) is 4. The zero-order valence-corrected chi connectivity index (χ0v) is 13.4. The monoisotopic (exact) mass is 330 g/mol. The standard InChI is InChI=1S/C17H18N2O3S/c20-17(15-8-11-23(21,22)12-15)19-16(13-4-2-1-3-5-13)14-6-9-18-10-7-14/h1-7,9-10,15-16H,8,11-12H2,(H,19,20). The fourth-order valence-corrected chi connectivity index (χ4v) is 4.56. The number of pyridine rings is 1. The molecule has 0 bridgehead atoms. The second-order valence-corrected chi connectivity index (χ2v) is 7.96. The molecular formula is C17H18N2O3S. The molecular weight excluding hydrogens is 312 g/mol. The Bertz CT molecular complexity index is 737. The normalized spacial score (nSPS) is 20.8. The minimum absolute atomic E-state index is 0.0588. The minimum atomic E-state index is -3.08. The Kier molecular flexibility index (Phi) is 4.43. The third-order valence-electron chi connectivity index (χ3n) is 4.06. The molecule has 2 unspecified atom stereocenters. The smallest absolute Gasteiger partial charge is 0.224 e. The topological polar surface area (TPSA) is 76.1 Å². The number of aromatic nitrogens is 1. The van der Waals surface area contributed by atoms with Crippen molar-refractivity contribution in [2.24, 2.45) is 5.92 Å². The van der Waals surface area contributed by atoms with Crippen LogP contribution in [0.3, 0.4) is 0 Å². The van der Waals surface area contributed by atoms with E-state index in [0.29, 0.717) is 6.42 Å². The number of hydrogen-bond donors (Lipinski definition) is 1. The molecule has 1 saturated heterocycles. The molecule has 1 aliphatic heterocycles. The number of nitrogens with zero attached hydrogens (tertiary/aromatic N) is 1. The first-order valence-electron chi connectivity index (χ1n) is 7.51. The van der Waals surface area contributed by atoms with Crippen LogP contribution >= 0.6 is 0 Å². The number of rotatable bonds is 4. The minimum Gasteiger partial charge on any atom is -0.345 e. The largest absolute Gasteiger partial charge is 0.345 e. The third kappa shape index (κ3) is 3.76. The van der Waals surface area contributed by atoms with Gasteiger partial charge in [0, 0.05) is 12.4 Å². The summed E-state index contributed by atoms with van der Waals surface area (Å²) in [7, 11) is -3.08. The quantitative estimate of drug-likeness (QED) is 0.926. The third-order valence-corrected chi connectivity index (χ3v) is 5.83. The van der Waals surface area contributed by atoms with Gasteiger partial charge in [0.25, 0.3) is 0 Å². The summed E-state index contributed by atoms with van der Waals surface area (Å²) in [5.74, 6) is -0.641. The van der Waals surface area contributed by atoms with Crippen molar-refractivity contribution in [3.05, 3.63) is 66.0 Å². The molecule has 1 aliphatic rings. The molecule has 5 nitrogen and oxygen atoms in total. The second-order valence-electron chi connectivity index (χ2n) is 5.73. The summed E-state index contributed by atoms with van der Waals surface area (Å²) in [5, 5.41) is 3.00. The van der Waals surface area contributed by atoms with Crippen LogP contribution in [0.5, 0.6) is 0 Å².